The second kappa shape index (κ2) is 5.84. The second-order valence-corrected chi connectivity index (χ2v) is 4.62. The van der Waals surface area contributed by atoms with Crippen molar-refractivity contribution >= 4 is 22.8 Å². The first-order valence-electron chi connectivity index (χ1n) is 6.25. The molecular formula is C14H16N2O5. The van der Waals surface area contributed by atoms with E-state index in [-0.39, 0.29) is 0 Å². The predicted octanol–water partition coefficient (Wildman–Crippen LogP) is 0.987. The molecule has 0 radical (unpaired) electrons. The number of ether oxygens (including phenoxy) is 1. The number of carboxylic acid groups (broad SMARTS) is 2. The van der Waals surface area contributed by atoms with Crippen LogP contribution >= 0.6 is 0 Å². The highest BCUT2D eigenvalue weighted by atomic mass is 16.5. The topological polar surface area (TPSA) is 101 Å². The molecule has 1 atom stereocenters. The van der Waals surface area contributed by atoms with Gasteiger partial charge in [-0.05, 0) is 18.2 Å². The van der Waals surface area contributed by atoms with Crippen molar-refractivity contribution in [3.05, 3.63) is 30.0 Å². The molecule has 3 N–H and O–H groups in total. The first-order valence-corrected chi connectivity index (χ1v) is 6.25. The summed E-state index contributed by atoms with van der Waals surface area (Å²) in [6, 6.07) is 4.25. The highest BCUT2D eigenvalue weighted by molar-refractivity contribution is 5.90. The van der Waals surface area contributed by atoms with Crippen molar-refractivity contribution in [3.63, 3.8) is 0 Å². The van der Waals surface area contributed by atoms with Crippen LogP contribution in [-0.2, 0) is 16.6 Å². The number of hydrogen-bond acceptors (Lipinski definition) is 4. The third-order valence-electron chi connectivity index (χ3n) is 3.24. The molecule has 1 heterocycles. The summed E-state index contributed by atoms with van der Waals surface area (Å²) >= 11 is 0. The highest BCUT2D eigenvalue weighted by Gasteiger charge is 2.24. The second-order valence-electron chi connectivity index (χ2n) is 4.62. The summed E-state index contributed by atoms with van der Waals surface area (Å²) in [6.07, 6.45) is 1.68. The lowest BCUT2D eigenvalue weighted by molar-refractivity contribution is -0.140. The summed E-state index contributed by atoms with van der Waals surface area (Å²) in [5.74, 6) is -1.64. The zero-order valence-corrected chi connectivity index (χ0v) is 11.7. The quantitative estimate of drug-likeness (QED) is 0.734. The van der Waals surface area contributed by atoms with Crippen LogP contribution in [0.2, 0.25) is 0 Å². The summed E-state index contributed by atoms with van der Waals surface area (Å²) in [5.41, 5.74) is 1.34. The maximum Gasteiger partial charge on any atom is 0.325 e. The normalized spacial score (nSPS) is 12.3. The fourth-order valence-corrected chi connectivity index (χ4v) is 2.28. The lowest BCUT2D eigenvalue weighted by atomic mass is 10.1. The lowest BCUT2D eigenvalue weighted by Gasteiger charge is -2.12. The minimum Gasteiger partial charge on any atom is -0.497 e. The van der Waals surface area contributed by atoms with Gasteiger partial charge in [0.25, 0.3) is 0 Å². The van der Waals surface area contributed by atoms with Crippen molar-refractivity contribution in [1.82, 2.24) is 9.88 Å². The minimum absolute atomic E-state index is 0.433. The predicted molar refractivity (Wildman–Crippen MR) is 75.5 cm³/mol. The van der Waals surface area contributed by atoms with Crippen LogP contribution in [0.15, 0.2) is 24.4 Å². The number of fused-ring (bicyclic) bond motifs is 1. The molecule has 112 valence electrons. The Bertz CT molecular complexity index is 692. The minimum atomic E-state index is -1.13. The van der Waals surface area contributed by atoms with Crippen LogP contribution in [0.5, 0.6) is 5.75 Å². The zero-order chi connectivity index (χ0) is 15.6. The van der Waals surface area contributed by atoms with Crippen molar-refractivity contribution in [2.24, 2.45) is 7.05 Å². The molecule has 0 fully saturated rings. The molecule has 21 heavy (non-hydrogen) atoms. The van der Waals surface area contributed by atoms with Crippen molar-refractivity contribution in [1.29, 1.82) is 0 Å². The number of aryl methyl sites for hydroxylation is 1. The van der Waals surface area contributed by atoms with E-state index in [1.54, 1.807) is 29.9 Å². The number of nitrogens with one attached hydrogen (secondary N) is 1. The van der Waals surface area contributed by atoms with Crippen LogP contribution in [0.3, 0.4) is 0 Å². The lowest BCUT2D eigenvalue weighted by Crippen LogP contribution is -2.32. The van der Waals surface area contributed by atoms with Crippen LogP contribution in [0, 0.1) is 0 Å². The molecule has 0 aliphatic rings. The van der Waals surface area contributed by atoms with Gasteiger partial charge in [0.05, 0.1) is 13.7 Å². The van der Waals surface area contributed by atoms with Gasteiger partial charge in [-0.1, -0.05) is 0 Å². The Morgan fingerprint density at radius 3 is 2.67 bits per heavy atom. The number of benzene rings is 1. The van der Waals surface area contributed by atoms with Gasteiger partial charge in [0.15, 0.2) is 0 Å². The fraction of sp³-hybridized carbons (Fsp3) is 0.286. The number of rotatable bonds is 6. The van der Waals surface area contributed by atoms with Gasteiger partial charge in [0, 0.05) is 29.7 Å². The monoisotopic (exact) mass is 292 g/mol. The van der Waals surface area contributed by atoms with Crippen LogP contribution in [0.1, 0.15) is 11.6 Å². The van der Waals surface area contributed by atoms with E-state index in [4.69, 9.17) is 9.84 Å². The van der Waals surface area contributed by atoms with Crippen molar-refractivity contribution in [2.45, 2.75) is 6.04 Å². The van der Waals surface area contributed by atoms with Gasteiger partial charge < -0.3 is 19.5 Å². The number of hydrogen-bond donors (Lipinski definition) is 3. The summed E-state index contributed by atoms with van der Waals surface area (Å²) in [6.45, 7) is -0.433. The molecule has 0 aliphatic carbocycles. The molecule has 7 heteroatoms. The number of carboxylic acids is 2. The molecule has 1 aromatic carbocycles. The Morgan fingerprint density at radius 1 is 1.38 bits per heavy atom. The molecular weight excluding hydrogens is 276 g/mol. The first-order chi connectivity index (χ1) is 9.93. The molecule has 0 bridgehead atoms. The van der Waals surface area contributed by atoms with Crippen LogP contribution in [0.4, 0.5) is 0 Å². The summed E-state index contributed by atoms with van der Waals surface area (Å²) in [7, 11) is 3.33. The molecule has 0 aliphatic heterocycles. The van der Waals surface area contributed by atoms with E-state index in [0.717, 1.165) is 5.52 Å². The standard InChI is InChI=1S/C14H16N2O5/c1-16-7-10(13(14(19)20)15-6-12(17)18)9-5-8(21-2)3-4-11(9)16/h3-5,7,13,15H,6H2,1-2H3,(H,17,18)(H,19,20). The molecule has 2 rings (SSSR count). The molecule has 7 nitrogen and oxygen atoms in total. The Hall–Kier alpha value is -2.54. The SMILES string of the molecule is COc1ccc2c(c1)c(C(NCC(=O)O)C(=O)O)cn2C. The molecule has 1 aromatic heterocycles. The molecule has 0 saturated heterocycles. The Labute approximate surface area is 120 Å². The third-order valence-corrected chi connectivity index (χ3v) is 3.24. The molecule has 0 saturated carbocycles. The van der Waals surface area contributed by atoms with E-state index < -0.39 is 24.5 Å². The fourth-order valence-electron chi connectivity index (χ4n) is 2.28. The van der Waals surface area contributed by atoms with E-state index in [9.17, 15) is 14.7 Å². The average molecular weight is 292 g/mol. The molecule has 1 unspecified atom stereocenters. The van der Waals surface area contributed by atoms with Crippen LogP contribution in [-0.4, -0.2) is 40.4 Å². The van der Waals surface area contributed by atoms with Gasteiger partial charge in [-0.2, -0.15) is 0 Å². The van der Waals surface area contributed by atoms with E-state index in [0.29, 0.717) is 16.7 Å². The van der Waals surface area contributed by atoms with E-state index in [1.807, 2.05) is 6.07 Å². The number of carbonyl (C=O) groups is 2. The van der Waals surface area contributed by atoms with Crippen molar-refractivity contribution < 1.29 is 24.5 Å². The maximum atomic E-state index is 11.4. The molecule has 2 aromatic rings. The average Bonchev–Trinajstić information content (AvgIpc) is 2.75. The largest absolute Gasteiger partial charge is 0.497 e. The number of aliphatic carboxylic acids is 2. The van der Waals surface area contributed by atoms with Gasteiger partial charge in [-0.15, -0.1) is 0 Å². The van der Waals surface area contributed by atoms with Crippen molar-refractivity contribution in [2.75, 3.05) is 13.7 Å². The smallest absolute Gasteiger partial charge is 0.325 e. The molecule has 0 spiro atoms. The number of methoxy groups -OCH3 is 1. The van der Waals surface area contributed by atoms with Crippen LogP contribution in [0.25, 0.3) is 10.9 Å². The van der Waals surface area contributed by atoms with Gasteiger partial charge in [-0.25, -0.2) is 0 Å². The molecule has 0 amide bonds. The summed E-state index contributed by atoms with van der Waals surface area (Å²) in [5, 5.41) is 21.3. The van der Waals surface area contributed by atoms with E-state index >= 15 is 0 Å². The van der Waals surface area contributed by atoms with Crippen LogP contribution < -0.4 is 10.1 Å². The van der Waals surface area contributed by atoms with E-state index in [2.05, 4.69) is 5.32 Å². The Morgan fingerprint density at radius 2 is 2.10 bits per heavy atom. The van der Waals surface area contributed by atoms with Gasteiger partial charge >= 0.3 is 11.9 Å². The maximum absolute atomic E-state index is 11.4. The zero-order valence-electron chi connectivity index (χ0n) is 11.7. The summed E-state index contributed by atoms with van der Waals surface area (Å²) < 4.78 is 6.95. The van der Waals surface area contributed by atoms with E-state index in [1.165, 1.54) is 7.11 Å². The van der Waals surface area contributed by atoms with Gasteiger partial charge in [0.2, 0.25) is 0 Å². The third kappa shape index (κ3) is 2.97. The highest BCUT2D eigenvalue weighted by Crippen LogP contribution is 2.29. The summed E-state index contributed by atoms with van der Waals surface area (Å²) in [4.78, 5) is 22.1. The van der Waals surface area contributed by atoms with Gasteiger partial charge in [0.1, 0.15) is 11.8 Å². The van der Waals surface area contributed by atoms with Gasteiger partial charge in [-0.3, -0.25) is 14.9 Å². The van der Waals surface area contributed by atoms with Crippen molar-refractivity contribution in [3.8, 4) is 5.75 Å². The Balaban J connectivity index is 2.51. The first kappa shape index (κ1) is 14.9. The Kier molecular flexibility index (Phi) is 4.13. The number of aromatic nitrogens is 1. The number of nitrogens with zero attached hydrogens (tertiary/aromatic N) is 1.